The van der Waals surface area contributed by atoms with Crippen molar-refractivity contribution in [2.45, 2.75) is 77.4 Å². The van der Waals surface area contributed by atoms with Crippen molar-refractivity contribution in [3.05, 3.63) is 35.9 Å². The molecule has 1 saturated carbocycles. The Balaban J connectivity index is 1.26. The highest BCUT2D eigenvalue weighted by Crippen LogP contribution is 2.31. The molecule has 2 aromatic rings. The minimum atomic E-state index is -0.488. The molecule has 43 heavy (non-hydrogen) atoms. The van der Waals surface area contributed by atoms with Crippen molar-refractivity contribution in [3.8, 4) is 0 Å². The number of aromatic nitrogens is 1. The summed E-state index contributed by atoms with van der Waals surface area (Å²) >= 11 is 0. The van der Waals surface area contributed by atoms with Gasteiger partial charge >= 0.3 is 6.09 Å². The van der Waals surface area contributed by atoms with Crippen molar-refractivity contribution in [2.24, 2.45) is 11.8 Å². The van der Waals surface area contributed by atoms with Crippen LogP contribution in [0.25, 0.3) is 10.9 Å². The monoisotopic (exact) mass is 595 g/mol. The number of anilines is 1. The number of carbonyl (C=O) groups excluding carboxylic acids is 3. The summed E-state index contributed by atoms with van der Waals surface area (Å²) in [4.78, 5) is 45.9. The summed E-state index contributed by atoms with van der Waals surface area (Å²) < 4.78 is 11.2. The van der Waals surface area contributed by atoms with E-state index in [1.165, 1.54) is 0 Å². The average Bonchev–Trinajstić information content (AvgIpc) is 2.98. The smallest absolute Gasteiger partial charge is 0.407 e. The fourth-order valence-corrected chi connectivity index (χ4v) is 5.83. The maximum atomic E-state index is 13.4. The molecule has 1 aliphatic carbocycles. The highest BCUT2D eigenvalue weighted by molar-refractivity contribution is 6.07. The molecular formula is C33H49N5O5. The molecule has 1 saturated heterocycles. The van der Waals surface area contributed by atoms with E-state index in [-0.39, 0.29) is 30.6 Å². The van der Waals surface area contributed by atoms with E-state index in [0.717, 1.165) is 74.8 Å². The first kappa shape index (κ1) is 32.5. The Hall–Kier alpha value is -3.40. The number of rotatable bonds is 10. The van der Waals surface area contributed by atoms with Gasteiger partial charge in [0, 0.05) is 45.7 Å². The van der Waals surface area contributed by atoms with Crippen molar-refractivity contribution in [1.29, 1.82) is 0 Å². The van der Waals surface area contributed by atoms with E-state index in [1.54, 1.807) is 19.0 Å². The second kappa shape index (κ2) is 14.9. The molecule has 3 amide bonds. The normalized spacial score (nSPS) is 19.6. The van der Waals surface area contributed by atoms with E-state index >= 15 is 0 Å². The first-order chi connectivity index (χ1) is 20.5. The summed E-state index contributed by atoms with van der Waals surface area (Å²) in [5.74, 6) is 1.73. The number of piperidine rings is 1. The Morgan fingerprint density at radius 1 is 0.977 bits per heavy atom. The summed E-state index contributed by atoms with van der Waals surface area (Å²) in [5, 5.41) is 6.93. The van der Waals surface area contributed by atoms with Gasteiger partial charge in [-0.3, -0.25) is 9.59 Å². The lowest BCUT2D eigenvalue weighted by Crippen LogP contribution is -2.39. The van der Waals surface area contributed by atoms with Crippen LogP contribution in [0.4, 0.5) is 10.6 Å². The van der Waals surface area contributed by atoms with Crippen LogP contribution in [0.3, 0.4) is 0 Å². The molecule has 1 aromatic carbocycles. The number of ether oxygens (including phenoxy) is 2. The molecule has 1 aliphatic heterocycles. The predicted molar refractivity (Wildman–Crippen MR) is 168 cm³/mol. The van der Waals surface area contributed by atoms with Crippen LogP contribution in [0.15, 0.2) is 30.3 Å². The highest BCUT2D eigenvalue weighted by Gasteiger charge is 2.25. The first-order valence-corrected chi connectivity index (χ1v) is 15.7. The fourth-order valence-electron chi connectivity index (χ4n) is 5.83. The van der Waals surface area contributed by atoms with Gasteiger partial charge in [0.05, 0.1) is 17.2 Å². The molecule has 10 nitrogen and oxygen atoms in total. The highest BCUT2D eigenvalue weighted by atomic mass is 16.6. The van der Waals surface area contributed by atoms with Crippen molar-refractivity contribution in [3.63, 3.8) is 0 Å². The number of nitrogens with one attached hydrogen (secondary N) is 2. The van der Waals surface area contributed by atoms with Crippen LogP contribution in [0.2, 0.25) is 0 Å². The Labute approximate surface area is 255 Å². The van der Waals surface area contributed by atoms with Gasteiger partial charge < -0.3 is 29.9 Å². The molecule has 0 spiro atoms. The quantitative estimate of drug-likeness (QED) is 0.407. The lowest BCUT2D eigenvalue weighted by atomic mass is 9.80. The van der Waals surface area contributed by atoms with Crippen molar-refractivity contribution < 1.29 is 23.9 Å². The molecule has 2 fully saturated rings. The first-order valence-electron chi connectivity index (χ1n) is 15.7. The summed E-state index contributed by atoms with van der Waals surface area (Å²) in [6.45, 7) is 8.49. The van der Waals surface area contributed by atoms with Crippen LogP contribution in [-0.4, -0.2) is 86.4 Å². The maximum absolute atomic E-state index is 13.4. The summed E-state index contributed by atoms with van der Waals surface area (Å²) in [5.41, 5.74) is 0.962. The third-order valence-electron chi connectivity index (χ3n) is 8.39. The van der Waals surface area contributed by atoms with E-state index in [2.05, 4.69) is 15.5 Å². The molecule has 0 bridgehead atoms. The third kappa shape index (κ3) is 9.81. The third-order valence-corrected chi connectivity index (χ3v) is 8.39. The van der Waals surface area contributed by atoms with Crippen LogP contribution < -0.4 is 15.5 Å². The second-order valence-corrected chi connectivity index (χ2v) is 13.1. The molecule has 10 heteroatoms. The van der Waals surface area contributed by atoms with Gasteiger partial charge in [0.2, 0.25) is 5.91 Å². The van der Waals surface area contributed by atoms with Crippen LogP contribution in [-0.2, 0) is 14.3 Å². The lowest BCUT2D eigenvalue weighted by molar-refractivity contribution is -0.136. The van der Waals surface area contributed by atoms with Crippen LogP contribution in [0.5, 0.6) is 0 Å². The van der Waals surface area contributed by atoms with E-state index in [1.807, 2.05) is 51.1 Å². The number of likely N-dealkylation sites (N-methyl/N-ethyl adjacent to an activating group) is 1. The standard InChI is InChI=1S/C33H49N5O5/c1-33(2,3)43-32(41)35-21-24-12-10-23(11-13-24)14-17-34-31(40)27-20-29(36-28-9-7-6-8-26(27)28)38-18-15-25(16-19-38)42-22-30(39)37(4)5/h6-9,20,23-25H,10-19,21-22H2,1-5H3,(H,34,40)(H,35,41). The number of carbonyl (C=O) groups is 3. The Bertz CT molecular complexity index is 1240. The number of hydrogen-bond acceptors (Lipinski definition) is 7. The Morgan fingerprint density at radius 3 is 2.33 bits per heavy atom. The van der Waals surface area contributed by atoms with Crippen LogP contribution in [0.1, 0.15) is 76.1 Å². The van der Waals surface area contributed by atoms with Gasteiger partial charge in [0.15, 0.2) is 0 Å². The van der Waals surface area contributed by atoms with Crippen LogP contribution in [0, 0.1) is 11.8 Å². The number of alkyl carbamates (subject to hydrolysis) is 1. The minimum absolute atomic E-state index is 0.0328. The van der Waals surface area contributed by atoms with Gasteiger partial charge in [-0.05, 0) is 76.8 Å². The summed E-state index contributed by atoms with van der Waals surface area (Å²) in [7, 11) is 3.46. The average molecular weight is 596 g/mol. The van der Waals surface area contributed by atoms with Gasteiger partial charge in [-0.1, -0.05) is 31.0 Å². The van der Waals surface area contributed by atoms with Crippen LogP contribution >= 0.6 is 0 Å². The van der Waals surface area contributed by atoms with E-state index in [4.69, 9.17) is 14.5 Å². The molecular weight excluding hydrogens is 546 g/mol. The number of benzene rings is 1. The SMILES string of the molecule is CN(C)C(=O)COC1CCN(c2cc(C(=O)NCCC3CCC(CNC(=O)OC(C)(C)C)CC3)c3ccccc3n2)CC1. The van der Waals surface area contributed by atoms with Gasteiger partial charge in [0.1, 0.15) is 18.0 Å². The van der Waals surface area contributed by atoms with Gasteiger partial charge in [-0.2, -0.15) is 0 Å². The summed E-state index contributed by atoms with van der Waals surface area (Å²) in [6.07, 6.45) is 6.57. The zero-order valence-corrected chi connectivity index (χ0v) is 26.5. The second-order valence-electron chi connectivity index (χ2n) is 13.1. The summed E-state index contributed by atoms with van der Waals surface area (Å²) in [6, 6.07) is 9.71. The van der Waals surface area contributed by atoms with Crippen molar-refractivity contribution >= 4 is 34.6 Å². The van der Waals surface area contributed by atoms with E-state index in [9.17, 15) is 14.4 Å². The van der Waals surface area contributed by atoms with E-state index < -0.39 is 5.60 Å². The number of fused-ring (bicyclic) bond motifs is 1. The Kier molecular flexibility index (Phi) is 11.2. The van der Waals surface area contributed by atoms with Crippen molar-refractivity contribution in [2.75, 3.05) is 51.8 Å². The minimum Gasteiger partial charge on any atom is -0.444 e. The van der Waals surface area contributed by atoms with Gasteiger partial charge in [-0.15, -0.1) is 0 Å². The molecule has 2 aliphatic rings. The molecule has 0 radical (unpaired) electrons. The van der Waals surface area contributed by atoms with Gasteiger partial charge in [0.25, 0.3) is 5.91 Å². The van der Waals surface area contributed by atoms with Crippen molar-refractivity contribution in [1.82, 2.24) is 20.5 Å². The topological polar surface area (TPSA) is 113 Å². The largest absolute Gasteiger partial charge is 0.444 e. The molecule has 236 valence electrons. The number of hydrogen-bond donors (Lipinski definition) is 2. The molecule has 1 aromatic heterocycles. The van der Waals surface area contributed by atoms with Gasteiger partial charge in [-0.25, -0.2) is 9.78 Å². The molecule has 0 unspecified atom stereocenters. The Morgan fingerprint density at radius 2 is 1.65 bits per heavy atom. The zero-order valence-electron chi connectivity index (χ0n) is 26.5. The number of nitrogens with zero attached hydrogens (tertiary/aromatic N) is 3. The molecule has 4 rings (SSSR count). The van der Waals surface area contributed by atoms with E-state index in [0.29, 0.717) is 30.5 Å². The number of pyridine rings is 1. The fraction of sp³-hybridized carbons (Fsp3) is 0.636. The number of para-hydroxylation sites is 1. The molecule has 2 heterocycles. The molecule has 0 atom stereocenters. The zero-order chi connectivity index (χ0) is 31.0. The maximum Gasteiger partial charge on any atom is 0.407 e. The number of amides is 3. The molecule has 2 N–H and O–H groups in total. The lowest BCUT2D eigenvalue weighted by Gasteiger charge is -2.33. The predicted octanol–water partition coefficient (Wildman–Crippen LogP) is 4.76.